The maximum atomic E-state index is 5.64. The second kappa shape index (κ2) is 4.89. The highest BCUT2D eigenvalue weighted by Crippen LogP contribution is 2.12. The topological polar surface area (TPSA) is 21.6 Å². The zero-order valence-electron chi connectivity index (χ0n) is 9.71. The van der Waals surface area contributed by atoms with Crippen LogP contribution in [0, 0.1) is 5.92 Å². The maximum absolute atomic E-state index is 5.64. The third-order valence-corrected chi connectivity index (χ3v) is 3.94. The van der Waals surface area contributed by atoms with E-state index >= 15 is 0 Å². The molecule has 1 aliphatic rings. The largest absolute Gasteiger partial charge is 0.381 e. The Bertz CT molecular complexity index is 240. The molecular weight excluding hydrogens is 190 g/mol. The van der Waals surface area contributed by atoms with Crippen LogP contribution in [-0.4, -0.2) is 27.5 Å². The number of hydrogen-bond donors (Lipinski definition) is 0. The van der Waals surface area contributed by atoms with E-state index in [1.807, 2.05) is 13.1 Å². The van der Waals surface area contributed by atoms with Gasteiger partial charge in [0.1, 0.15) is 0 Å². The summed E-state index contributed by atoms with van der Waals surface area (Å²) in [7, 11) is -0.922. The average molecular weight is 211 g/mol. The predicted octanol–water partition coefficient (Wildman–Crippen LogP) is 2.95. The van der Waals surface area contributed by atoms with E-state index in [-0.39, 0.29) is 0 Å². The lowest BCUT2D eigenvalue weighted by molar-refractivity contribution is 0.140. The van der Waals surface area contributed by atoms with E-state index in [1.165, 1.54) is 6.04 Å². The van der Waals surface area contributed by atoms with Gasteiger partial charge in [0.05, 0.1) is 6.61 Å². The van der Waals surface area contributed by atoms with Crippen molar-refractivity contribution in [3.8, 4) is 0 Å². The molecule has 0 aromatic rings. The van der Waals surface area contributed by atoms with E-state index in [2.05, 4.69) is 30.7 Å². The molecule has 0 spiro atoms. The zero-order valence-corrected chi connectivity index (χ0v) is 10.7. The highest BCUT2D eigenvalue weighted by Gasteiger charge is 2.13. The van der Waals surface area contributed by atoms with E-state index in [9.17, 15) is 0 Å². The molecule has 80 valence electrons. The second-order valence-electron chi connectivity index (χ2n) is 5.14. The number of rotatable bonds is 5. The Labute approximate surface area is 88.1 Å². The van der Waals surface area contributed by atoms with E-state index in [0.717, 1.165) is 18.9 Å². The van der Waals surface area contributed by atoms with Crippen molar-refractivity contribution in [2.75, 3.05) is 13.2 Å². The molecule has 0 radical (unpaired) electrons. The van der Waals surface area contributed by atoms with Gasteiger partial charge in [-0.3, -0.25) is 4.99 Å². The van der Waals surface area contributed by atoms with Gasteiger partial charge in [-0.25, -0.2) is 0 Å². The van der Waals surface area contributed by atoms with Gasteiger partial charge in [0.2, 0.25) is 0 Å². The SMILES string of the molecule is CC1=CC(COCC[Si](C)(C)C)C=N1. The zero-order chi connectivity index (χ0) is 10.6. The van der Waals surface area contributed by atoms with Gasteiger partial charge in [0.15, 0.2) is 0 Å². The Morgan fingerprint density at radius 2 is 2.14 bits per heavy atom. The number of nitrogens with zero attached hydrogens (tertiary/aromatic N) is 1. The molecule has 1 rings (SSSR count). The summed E-state index contributed by atoms with van der Waals surface area (Å²) in [5.74, 6) is 0.414. The summed E-state index contributed by atoms with van der Waals surface area (Å²) >= 11 is 0. The summed E-state index contributed by atoms with van der Waals surface area (Å²) in [6, 6.07) is 1.25. The molecule has 0 aromatic carbocycles. The van der Waals surface area contributed by atoms with Gasteiger partial charge < -0.3 is 4.74 Å². The van der Waals surface area contributed by atoms with Crippen molar-refractivity contribution < 1.29 is 4.74 Å². The van der Waals surface area contributed by atoms with Gasteiger partial charge >= 0.3 is 0 Å². The average Bonchev–Trinajstić information content (AvgIpc) is 2.44. The van der Waals surface area contributed by atoms with Crippen LogP contribution < -0.4 is 0 Å². The van der Waals surface area contributed by atoms with Crippen LogP contribution in [0.1, 0.15) is 6.92 Å². The first kappa shape index (κ1) is 11.7. The number of hydrogen-bond acceptors (Lipinski definition) is 2. The van der Waals surface area contributed by atoms with Crippen LogP contribution in [0.4, 0.5) is 0 Å². The molecule has 1 unspecified atom stereocenters. The van der Waals surface area contributed by atoms with E-state index in [0.29, 0.717) is 5.92 Å². The van der Waals surface area contributed by atoms with Crippen LogP contribution in [-0.2, 0) is 4.74 Å². The van der Waals surface area contributed by atoms with Crippen LogP contribution in [0.15, 0.2) is 16.8 Å². The van der Waals surface area contributed by atoms with Crippen molar-refractivity contribution in [2.45, 2.75) is 32.6 Å². The van der Waals surface area contributed by atoms with Crippen molar-refractivity contribution in [3.63, 3.8) is 0 Å². The molecule has 0 N–H and O–H groups in total. The minimum atomic E-state index is -0.922. The normalized spacial score (nSPS) is 21.4. The van der Waals surface area contributed by atoms with Gasteiger partial charge in [-0.05, 0) is 13.0 Å². The molecule has 1 heterocycles. The van der Waals surface area contributed by atoms with E-state index in [1.54, 1.807) is 0 Å². The van der Waals surface area contributed by atoms with Crippen molar-refractivity contribution >= 4 is 14.3 Å². The molecule has 0 fully saturated rings. The molecule has 0 saturated heterocycles. The summed E-state index contributed by atoms with van der Waals surface area (Å²) in [5, 5.41) is 0. The number of aliphatic imine (C=N–C) groups is 1. The summed E-state index contributed by atoms with van der Waals surface area (Å²) in [4.78, 5) is 4.21. The second-order valence-corrected chi connectivity index (χ2v) is 10.8. The minimum Gasteiger partial charge on any atom is -0.381 e. The molecule has 1 atom stereocenters. The quantitative estimate of drug-likeness (QED) is 0.506. The molecule has 14 heavy (non-hydrogen) atoms. The fourth-order valence-corrected chi connectivity index (χ4v) is 2.05. The van der Waals surface area contributed by atoms with Gasteiger partial charge in [-0.15, -0.1) is 0 Å². The molecular formula is C11H21NOSi. The molecule has 1 aliphatic heterocycles. The van der Waals surface area contributed by atoms with Crippen molar-refractivity contribution in [3.05, 3.63) is 11.8 Å². The monoisotopic (exact) mass is 211 g/mol. The summed E-state index contributed by atoms with van der Waals surface area (Å²) in [6.07, 6.45) is 4.14. The lowest BCUT2D eigenvalue weighted by atomic mass is 10.2. The van der Waals surface area contributed by atoms with Gasteiger partial charge in [0, 0.05) is 32.5 Å². The van der Waals surface area contributed by atoms with Gasteiger partial charge in [0.25, 0.3) is 0 Å². The lowest BCUT2D eigenvalue weighted by Gasteiger charge is -2.15. The fourth-order valence-electron chi connectivity index (χ4n) is 1.30. The van der Waals surface area contributed by atoms with Crippen LogP contribution in [0.25, 0.3) is 0 Å². The van der Waals surface area contributed by atoms with Crippen molar-refractivity contribution in [1.82, 2.24) is 0 Å². The summed E-state index contributed by atoms with van der Waals surface area (Å²) in [5.41, 5.74) is 1.11. The minimum absolute atomic E-state index is 0.414. The summed E-state index contributed by atoms with van der Waals surface area (Å²) < 4.78 is 5.64. The Balaban J connectivity index is 2.09. The smallest absolute Gasteiger partial charge is 0.0579 e. The Morgan fingerprint density at radius 3 is 2.64 bits per heavy atom. The third-order valence-electron chi connectivity index (χ3n) is 2.23. The van der Waals surface area contributed by atoms with Crippen molar-refractivity contribution in [2.24, 2.45) is 10.9 Å². The molecule has 0 aliphatic carbocycles. The van der Waals surface area contributed by atoms with Crippen LogP contribution in [0.3, 0.4) is 0 Å². The first-order valence-electron chi connectivity index (χ1n) is 5.28. The molecule has 0 amide bonds. The maximum Gasteiger partial charge on any atom is 0.0579 e. The van der Waals surface area contributed by atoms with Gasteiger partial charge in [-0.2, -0.15) is 0 Å². The number of allylic oxidation sites excluding steroid dienone is 1. The third kappa shape index (κ3) is 4.72. The van der Waals surface area contributed by atoms with Crippen LogP contribution in [0.2, 0.25) is 25.7 Å². The Hall–Kier alpha value is -0.413. The van der Waals surface area contributed by atoms with Gasteiger partial charge in [-0.1, -0.05) is 25.7 Å². The molecule has 3 heteroatoms. The fraction of sp³-hybridized carbons (Fsp3) is 0.727. The molecule has 0 bridgehead atoms. The Morgan fingerprint density at radius 1 is 1.43 bits per heavy atom. The summed E-state index contributed by atoms with van der Waals surface area (Å²) in [6.45, 7) is 10.9. The number of ether oxygens (including phenoxy) is 1. The lowest BCUT2D eigenvalue weighted by Crippen LogP contribution is -2.22. The standard InChI is InChI=1S/C11H21NOSi/c1-10-7-11(8-12-10)9-13-5-6-14(2,3)4/h7-8,11H,5-6,9H2,1-4H3. The highest BCUT2D eigenvalue weighted by atomic mass is 28.3. The predicted molar refractivity (Wildman–Crippen MR) is 64.7 cm³/mol. The highest BCUT2D eigenvalue weighted by molar-refractivity contribution is 6.76. The Kier molecular flexibility index (Phi) is 4.07. The van der Waals surface area contributed by atoms with E-state index in [4.69, 9.17) is 4.74 Å². The molecule has 0 aromatic heterocycles. The van der Waals surface area contributed by atoms with Crippen LogP contribution in [0.5, 0.6) is 0 Å². The molecule has 0 saturated carbocycles. The first-order valence-corrected chi connectivity index (χ1v) is 8.98. The van der Waals surface area contributed by atoms with E-state index < -0.39 is 8.07 Å². The molecule has 2 nitrogen and oxygen atoms in total. The first-order chi connectivity index (χ1) is 6.47. The van der Waals surface area contributed by atoms with Crippen LogP contribution >= 0.6 is 0 Å². The van der Waals surface area contributed by atoms with Crippen molar-refractivity contribution in [1.29, 1.82) is 0 Å².